The Kier molecular flexibility index (Phi) is 34.1. The number of nitrogens with zero attached hydrogens (tertiary/aromatic N) is 3. The predicted molar refractivity (Wildman–Crippen MR) is 243 cm³/mol. The van der Waals surface area contributed by atoms with Crippen LogP contribution in [0.15, 0.2) is 48.8 Å². The van der Waals surface area contributed by atoms with E-state index in [1.165, 1.54) is 222 Å². The molecule has 4 heteroatoms. The molecule has 3 aromatic rings. The Labute approximate surface area is 342 Å². The molecule has 310 valence electrons. The summed E-state index contributed by atoms with van der Waals surface area (Å²) in [5.74, 6) is 2.01. The number of fused-ring (bicyclic) bond motifs is 1. The molecule has 0 saturated carbocycles. The summed E-state index contributed by atoms with van der Waals surface area (Å²) < 4.78 is 2.45. The van der Waals surface area contributed by atoms with Crippen LogP contribution in [0.3, 0.4) is 0 Å². The zero-order chi connectivity index (χ0) is 37.9. The maximum atomic E-state index is 4.87. The van der Waals surface area contributed by atoms with Gasteiger partial charge in [0.15, 0.2) is 0 Å². The van der Waals surface area contributed by atoms with Crippen molar-refractivity contribution in [1.82, 2.24) is 14.5 Å². The largest absolute Gasteiger partial charge is 0.335 e. The third-order valence-corrected chi connectivity index (χ3v) is 11.7. The molecular formula is C50H88ClN3. The lowest BCUT2D eigenvalue weighted by molar-refractivity contribution is 0.499. The molecule has 1 unspecified atom stereocenters. The molecule has 3 nitrogen and oxygen atoms in total. The Hall–Kier alpha value is -1.87. The van der Waals surface area contributed by atoms with E-state index >= 15 is 0 Å². The van der Waals surface area contributed by atoms with Gasteiger partial charge >= 0.3 is 0 Å². The normalized spacial score (nSPS) is 11.7. The van der Waals surface area contributed by atoms with Gasteiger partial charge in [-0.15, -0.1) is 12.4 Å². The predicted octanol–water partition coefficient (Wildman–Crippen LogP) is 17.2. The number of unbranched alkanes of at least 4 members (excludes halogenated alkanes) is 28. The maximum absolute atomic E-state index is 4.87. The molecule has 0 N–H and O–H groups in total. The Balaban J connectivity index is 0.00000112. The van der Waals surface area contributed by atoms with Crippen molar-refractivity contribution < 1.29 is 0 Å². The minimum atomic E-state index is 0. The molecule has 54 heavy (non-hydrogen) atoms. The van der Waals surface area contributed by atoms with Crippen molar-refractivity contribution in [3.05, 3.63) is 60.3 Å². The third-order valence-electron chi connectivity index (χ3n) is 11.7. The summed E-state index contributed by atoms with van der Waals surface area (Å²) in [5, 5.41) is 1.20. The maximum Gasteiger partial charge on any atom is 0.108 e. The van der Waals surface area contributed by atoms with Crippen molar-refractivity contribution in [2.75, 3.05) is 0 Å². The van der Waals surface area contributed by atoms with E-state index in [4.69, 9.17) is 4.98 Å². The Bertz CT molecular complexity index is 1140. The van der Waals surface area contributed by atoms with Crippen LogP contribution >= 0.6 is 12.4 Å². The summed E-state index contributed by atoms with van der Waals surface area (Å²) >= 11 is 0. The molecule has 0 saturated heterocycles. The molecule has 0 aliphatic heterocycles. The average Bonchev–Trinajstić information content (AvgIpc) is 3.55. The fourth-order valence-corrected chi connectivity index (χ4v) is 8.07. The number of rotatable bonds is 34. The number of para-hydroxylation sites is 1. The zero-order valence-corrected chi connectivity index (χ0v) is 37.1. The summed E-state index contributed by atoms with van der Waals surface area (Å²) in [4.78, 5) is 9.05. The molecule has 0 aliphatic carbocycles. The summed E-state index contributed by atoms with van der Waals surface area (Å²) in [5.41, 5.74) is 2.55. The van der Waals surface area contributed by atoms with E-state index in [9.17, 15) is 0 Å². The van der Waals surface area contributed by atoms with Crippen molar-refractivity contribution in [2.45, 2.75) is 239 Å². The molecule has 0 aliphatic rings. The van der Waals surface area contributed by atoms with E-state index in [0.717, 1.165) is 11.9 Å². The van der Waals surface area contributed by atoms with E-state index in [1.807, 2.05) is 30.5 Å². The summed E-state index contributed by atoms with van der Waals surface area (Å²) in [6.07, 6.45) is 50.9. The van der Waals surface area contributed by atoms with Gasteiger partial charge in [0, 0.05) is 42.9 Å². The van der Waals surface area contributed by atoms with Gasteiger partial charge in [-0.3, -0.25) is 4.98 Å². The van der Waals surface area contributed by atoms with Crippen LogP contribution in [0.2, 0.25) is 0 Å². The Morgan fingerprint density at radius 1 is 0.481 bits per heavy atom. The quantitative estimate of drug-likeness (QED) is 0.0567. The second-order valence-corrected chi connectivity index (χ2v) is 16.4. The number of aromatic nitrogens is 3. The standard InChI is InChI=1S/C41H80N2.C9H7N.ClH/c1-5-8-10-12-14-16-18-20-22-24-26-28-30-32-34-36-39(7-3)40-38-42-41(43(40)4)37-35-33-31-29-27-25-23-21-19-17-15-13-11-9-6-2;1-2-6-9-8(4-1)5-3-7-10-9;/h38-39H,5-37H2,1-4H3;1-7H;1H. The Morgan fingerprint density at radius 3 is 1.33 bits per heavy atom. The second-order valence-electron chi connectivity index (χ2n) is 16.4. The fraction of sp³-hybridized carbons (Fsp3) is 0.760. The minimum Gasteiger partial charge on any atom is -0.335 e. The van der Waals surface area contributed by atoms with Gasteiger partial charge in [0.1, 0.15) is 5.82 Å². The number of hydrogen-bond donors (Lipinski definition) is 0. The molecule has 3 rings (SSSR count). The van der Waals surface area contributed by atoms with Gasteiger partial charge in [0.25, 0.3) is 0 Å². The van der Waals surface area contributed by atoms with Crippen LogP contribution in [0.1, 0.15) is 244 Å². The van der Waals surface area contributed by atoms with Crippen molar-refractivity contribution in [2.24, 2.45) is 7.05 Å². The number of imidazole rings is 1. The van der Waals surface area contributed by atoms with Gasteiger partial charge in [-0.2, -0.15) is 0 Å². The van der Waals surface area contributed by atoms with Crippen molar-refractivity contribution >= 4 is 23.3 Å². The summed E-state index contributed by atoms with van der Waals surface area (Å²) in [6.45, 7) is 6.98. The first-order valence-electron chi connectivity index (χ1n) is 23.5. The molecule has 0 spiro atoms. The topological polar surface area (TPSA) is 30.7 Å². The van der Waals surface area contributed by atoms with Crippen LogP contribution < -0.4 is 0 Å². The van der Waals surface area contributed by atoms with Gasteiger partial charge in [-0.25, -0.2) is 4.98 Å². The molecular weight excluding hydrogens is 678 g/mol. The molecule has 1 aromatic carbocycles. The minimum absolute atomic E-state index is 0. The summed E-state index contributed by atoms with van der Waals surface area (Å²) in [7, 11) is 2.28. The highest BCUT2D eigenvalue weighted by molar-refractivity contribution is 5.85. The van der Waals surface area contributed by atoms with Gasteiger partial charge in [0.05, 0.1) is 5.52 Å². The van der Waals surface area contributed by atoms with E-state index in [-0.39, 0.29) is 12.4 Å². The smallest absolute Gasteiger partial charge is 0.108 e. The van der Waals surface area contributed by atoms with Crippen LogP contribution in [0.4, 0.5) is 0 Å². The van der Waals surface area contributed by atoms with E-state index in [2.05, 4.69) is 55.7 Å². The Morgan fingerprint density at radius 2 is 0.889 bits per heavy atom. The number of pyridine rings is 1. The fourth-order valence-electron chi connectivity index (χ4n) is 8.07. The van der Waals surface area contributed by atoms with Crippen LogP contribution in [0, 0.1) is 0 Å². The molecule has 2 heterocycles. The first kappa shape index (κ1) is 50.1. The average molecular weight is 767 g/mol. The van der Waals surface area contributed by atoms with Crippen LogP contribution in [-0.4, -0.2) is 14.5 Å². The van der Waals surface area contributed by atoms with Crippen LogP contribution in [0.5, 0.6) is 0 Å². The van der Waals surface area contributed by atoms with Gasteiger partial charge in [-0.1, -0.05) is 231 Å². The molecule has 2 aromatic heterocycles. The highest BCUT2D eigenvalue weighted by Crippen LogP contribution is 2.27. The molecule has 0 amide bonds. The third kappa shape index (κ3) is 25.3. The molecule has 0 bridgehead atoms. The zero-order valence-electron chi connectivity index (χ0n) is 36.3. The van der Waals surface area contributed by atoms with Crippen molar-refractivity contribution in [3.63, 3.8) is 0 Å². The first-order valence-corrected chi connectivity index (χ1v) is 23.5. The lowest BCUT2D eigenvalue weighted by Crippen LogP contribution is -2.07. The number of halogens is 1. The summed E-state index contributed by atoms with van der Waals surface area (Å²) in [6, 6.07) is 12.1. The van der Waals surface area contributed by atoms with E-state index in [0.29, 0.717) is 5.92 Å². The van der Waals surface area contributed by atoms with E-state index in [1.54, 1.807) is 0 Å². The number of benzene rings is 1. The van der Waals surface area contributed by atoms with E-state index < -0.39 is 0 Å². The molecule has 0 fully saturated rings. The molecule has 0 radical (unpaired) electrons. The van der Waals surface area contributed by atoms with Gasteiger partial charge in [0.2, 0.25) is 0 Å². The SMILES string of the molecule is CCCCCCCCCCCCCCCCCc1ncc(C(CC)CCCCCCCCCCCCCCCCC)n1C.Cl.c1ccc2ncccc2c1. The van der Waals surface area contributed by atoms with Crippen LogP contribution in [0.25, 0.3) is 10.9 Å². The van der Waals surface area contributed by atoms with Gasteiger partial charge in [-0.05, 0) is 31.4 Å². The highest BCUT2D eigenvalue weighted by atomic mass is 35.5. The van der Waals surface area contributed by atoms with Crippen molar-refractivity contribution in [1.29, 1.82) is 0 Å². The number of hydrogen-bond acceptors (Lipinski definition) is 2. The highest BCUT2D eigenvalue weighted by Gasteiger charge is 2.15. The van der Waals surface area contributed by atoms with Crippen molar-refractivity contribution in [3.8, 4) is 0 Å². The molecule has 1 atom stereocenters. The van der Waals surface area contributed by atoms with Crippen LogP contribution in [-0.2, 0) is 13.5 Å². The lowest BCUT2D eigenvalue weighted by atomic mass is 9.95. The second kappa shape index (κ2) is 36.7. The first-order chi connectivity index (χ1) is 26.2. The van der Waals surface area contributed by atoms with Gasteiger partial charge < -0.3 is 4.57 Å². The lowest BCUT2D eigenvalue weighted by Gasteiger charge is -2.16. The number of aryl methyl sites for hydroxylation is 1. The monoisotopic (exact) mass is 766 g/mol.